The summed E-state index contributed by atoms with van der Waals surface area (Å²) < 4.78 is 10.9. The van der Waals surface area contributed by atoms with Gasteiger partial charge in [0.1, 0.15) is 0 Å². The molecule has 1 fully saturated rings. The highest BCUT2D eigenvalue weighted by Crippen LogP contribution is 2.42. The van der Waals surface area contributed by atoms with Gasteiger partial charge in [-0.1, -0.05) is 42.5 Å². The molecule has 5 nitrogen and oxygen atoms in total. The van der Waals surface area contributed by atoms with Gasteiger partial charge in [0, 0.05) is 31.1 Å². The first-order chi connectivity index (χ1) is 12.1. The molecule has 1 aliphatic rings. The van der Waals surface area contributed by atoms with Gasteiger partial charge in [-0.25, -0.2) is 0 Å². The molecule has 0 saturated carbocycles. The zero-order valence-corrected chi connectivity index (χ0v) is 14.5. The van der Waals surface area contributed by atoms with Crippen LogP contribution < -0.4 is 9.47 Å². The van der Waals surface area contributed by atoms with E-state index in [0.29, 0.717) is 24.6 Å². The maximum atomic E-state index is 11.8. The summed E-state index contributed by atoms with van der Waals surface area (Å²) in [5, 5.41) is 9.72. The second kappa shape index (κ2) is 7.57. The molecule has 2 aromatic rings. The van der Waals surface area contributed by atoms with Crippen molar-refractivity contribution >= 4 is 5.97 Å². The lowest BCUT2D eigenvalue weighted by molar-refractivity contribution is -0.141. The number of hydrogen-bond acceptors (Lipinski definition) is 4. The smallest absolute Gasteiger partial charge is 0.308 e. The van der Waals surface area contributed by atoms with E-state index in [2.05, 4.69) is 17.0 Å². The number of rotatable bonds is 6. The summed E-state index contributed by atoms with van der Waals surface area (Å²) in [4.78, 5) is 14.0. The van der Waals surface area contributed by atoms with Crippen molar-refractivity contribution in [3.05, 3.63) is 59.7 Å². The Hall–Kier alpha value is -2.53. The van der Waals surface area contributed by atoms with Gasteiger partial charge in [0.2, 0.25) is 0 Å². The molecule has 0 bridgehead atoms. The summed E-state index contributed by atoms with van der Waals surface area (Å²) in [6, 6.07) is 15.8. The number of para-hydroxylation sites is 1. The van der Waals surface area contributed by atoms with Gasteiger partial charge in [-0.2, -0.15) is 0 Å². The van der Waals surface area contributed by atoms with E-state index in [0.717, 1.165) is 12.1 Å². The van der Waals surface area contributed by atoms with Crippen LogP contribution in [0, 0.1) is 5.92 Å². The molecule has 0 aromatic heterocycles. The number of ether oxygens (including phenoxy) is 2. The van der Waals surface area contributed by atoms with Crippen molar-refractivity contribution in [3.8, 4) is 11.5 Å². The van der Waals surface area contributed by atoms with Crippen molar-refractivity contribution in [1.29, 1.82) is 0 Å². The Labute approximate surface area is 147 Å². The molecule has 25 heavy (non-hydrogen) atoms. The predicted octanol–water partition coefficient (Wildman–Crippen LogP) is 3.00. The first kappa shape index (κ1) is 17.3. The average Bonchev–Trinajstić information content (AvgIpc) is 3.05. The highest BCUT2D eigenvalue weighted by Gasteiger charge is 2.40. The molecule has 0 amide bonds. The summed E-state index contributed by atoms with van der Waals surface area (Å²) in [5.41, 5.74) is 2.08. The van der Waals surface area contributed by atoms with Gasteiger partial charge < -0.3 is 14.6 Å². The number of hydrogen-bond donors (Lipinski definition) is 1. The molecule has 3 rings (SSSR count). The zero-order valence-electron chi connectivity index (χ0n) is 14.5. The van der Waals surface area contributed by atoms with Crippen LogP contribution >= 0.6 is 0 Å². The third-order valence-corrected chi connectivity index (χ3v) is 4.79. The van der Waals surface area contributed by atoms with Gasteiger partial charge in [-0.15, -0.1) is 0 Å². The van der Waals surface area contributed by atoms with Crippen LogP contribution in [0.5, 0.6) is 11.5 Å². The average molecular weight is 341 g/mol. The van der Waals surface area contributed by atoms with Crippen LogP contribution in [0.4, 0.5) is 0 Å². The molecule has 2 aromatic carbocycles. The first-order valence-corrected chi connectivity index (χ1v) is 8.34. The maximum absolute atomic E-state index is 11.8. The van der Waals surface area contributed by atoms with E-state index in [1.165, 1.54) is 5.56 Å². The van der Waals surface area contributed by atoms with Gasteiger partial charge in [0.15, 0.2) is 11.5 Å². The van der Waals surface area contributed by atoms with Crippen molar-refractivity contribution in [2.75, 3.05) is 27.3 Å². The van der Waals surface area contributed by atoms with Crippen LogP contribution in [0.1, 0.15) is 17.0 Å². The molecule has 1 N–H and O–H groups in total. The topological polar surface area (TPSA) is 59.0 Å². The zero-order chi connectivity index (χ0) is 17.8. The van der Waals surface area contributed by atoms with Gasteiger partial charge in [0.25, 0.3) is 0 Å². The first-order valence-electron chi connectivity index (χ1n) is 8.34. The Morgan fingerprint density at radius 1 is 1.08 bits per heavy atom. The molecule has 1 heterocycles. The van der Waals surface area contributed by atoms with Gasteiger partial charge >= 0.3 is 5.97 Å². The molecule has 1 saturated heterocycles. The summed E-state index contributed by atoms with van der Waals surface area (Å²) in [6.45, 7) is 1.94. The summed E-state index contributed by atoms with van der Waals surface area (Å²) in [7, 11) is 3.18. The van der Waals surface area contributed by atoms with E-state index >= 15 is 0 Å². The standard InChI is InChI=1S/C20H23NO4/c1-24-18-10-6-9-15(19(18)25-2)16-12-21(13-17(16)20(22)23)11-14-7-4-3-5-8-14/h3-10,16-17H,11-13H2,1-2H3,(H,22,23)/t16-,17+/m1/s1. The van der Waals surface area contributed by atoms with Crippen LogP contribution in [-0.2, 0) is 11.3 Å². The van der Waals surface area contributed by atoms with Crippen LogP contribution in [-0.4, -0.2) is 43.3 Å². The molecule has 0 unspecified atom stereocenters. The Bertz CT molecular complexity index is 732. The Morgan fingerprint density at radius 3 is 2.48 bits per heavy atom. The molecule has 0 aliphatic carbocycles. The van der Waals surface area contributed by atoms with Crippen LogP contribution in [0.3, 0.4) is 0 Å². The molecular formula is C20H23NO4. The molecule has 2 atom stereocenters. The highest BCUT2D eigenvalue weighted by molar-refractivity contribution is 5.73. The molecule has 0 radical (unpaired) electrons. The van der Waals surface area contributed by atoms with E-state index in [1.54, 1.807) is 14.2 Å². The van der Waals surface area contributed by atoms with E-state index in [4.69, 9.17) is 9.47 Å². The Morgan fingerprint density at radius 2 is 1.84 bits per heavy atom. The van der Waals surface area contributed by atoms with Crippen molar-refractivity contribution < 1.29 is 19.4 Å². The van der Waals surface area contributed by atoms with Gasteiger partial charge in [-0.3, -0.25) is 9.69 Å². The SMILES string of the molecule is COc1cccc([C@H]2CN(Cc3ccccc3)C[C@@H]2C(=O)O)c1OC. The van der Waals surface area contributed by atoms with Gasteiger partial charge in [0.05, 0.1) is 20.1 Å². The summed E-state index contributed by atoms with van der Waals surface area (Å²) >= 11 is 0. The number of nitrogens with zero attached hydrogens (tertiary/aromatic N) is 1. The van der Waals surface area contributed by atoms with E-state index in [9.17, 15) is 9.90 Å². The summed E-state index contributed by atoms with van der Waals surface area (Å²) in [5.74, 6) is -0.116. The van der Waals surface area contributed by atoms with Crippen LogP contribution in [0.2, 0.25) is 0 Å². The molecule has 132 valence electrons. The number of methoxy groups -OCH3 is 2. The van der Waals surface area contributed by atoms with E-state index in [-0.39, 0.29) is 5.92 Å². The molecule has 5 heteroatoms. The van der Waals surface area contributed by atoms with Crippen molar-refractivity contribution in [3.63, 3.8) is 0 Å². The van der Waals surface area contributed by atoms with Crippen molar-refractivity contribution in [1.82, 2.24) is 4.90 Å². The van der Waals surface area contributed by atoms with Crippen LogP contribution in [0.15, 0.2) is 48.5 Å². The largest absolute Gasteiger partial charge is 0.493 e. The molecular weight excluding hydrogens is 318 g/mol. The second-order valence-electron chi connectivity index (χ2n) is 6.31. The summed E-state index contributed by atoms with van der Waals surface area (Å²) in [6.07, 6.45) is 0. The fraction of sp³-hybridized carbons (Fsp3) is 0.350. The fourth-order valence-electron chi connectivity index (χ4n) is 3.63. The number of carboxylic acid groups (broad SMARTS) is 1. The monoisotopic (exact) mass is 341 g/mol. The predicted molar refractivity (Wildman–Crippen MR) is 95.1 cm³/mol. The minimum Gasteiger partial charge on any atom is -0.493 e. The van der Waals surface area contributed by atoms with Crippen LogP contribution in [0.25, 0.3) is 0 Å². The fourth-order valence-corrected chi connectivity index (χ4v) is 3.63. The quantitative estimate of drug-likeness (QED) is 0.875. The lowest BCUT2D eigenvalue weighted by atomic mass is 9.88. The number of carboxylic acids is 1. The molecule has 1 aliphatic heterocycles. The minimum atomic E-state index is -0.773. The normalized spacial score (nSPS) is 20.4. The third-order valence-electron chi connectivity index (χ3n) is 4.79. The Kier molecular flexibility index (Phi) is 5.24. The van der Waals surface area contributed by atoms with Crippen molar-refractivity contribution in [2.24, 2.45) is 5.92 Å². The lowest BCUT2D eigenvalue weighted by Crippen LogP contribution is -2.23. The van der Waals surface area contributed by atoms with E-state index in [1.807, 2.05) is 36.4 Å². The number of benzene rings is 2. The molecule has 0 spiro atoms. The maximum Gasteiger partial charge on any atom is 0.308 e. The second-order valence-corrected chi connectivity index (χ2v) is 6.31. The highest BCUT2D eigenvalue weighted by atomic mass is 16.5. The van der Waals surface area contributed by atoms with E-state index < -0.39 is 11.9 Å². The van der Waals surface area contributed by atoms with Gasteiger partial charge in [-0.05, 0) is 11.6 Å². The number of aliphatic carboxylic acids is 1. The third kappa shape index (κ3) is 3.61. The lowest BCUT2D eigenvalue weighted by Gasteiger charge is -2.20. The number of carbonyl (C=O) groups is 1. The Balaban J connectivity index is 1.88. The minimum absolute atomic E-state index is 0.133. The number of likely N-dealkylation sites (tertiary alicyclic amines) is 1. The van der Waals surface area contributed by atoms with Crippen molar-refractivity contribution in [2.45, 2.75) is 12.5 Å².